The van der Waals surface area contributed by atoms with Crippen LogP contribution in [0, 0.1) is 17.8 Å². The molecule has 0 bridgehead atoms. The van der Waals surface area contributed by atoms with E-state index in [1.54, 1.807) is 0 Å². The van der Waals surface area contributed by atoms with Crippen LogP contribution in [-0.4, -0.2) is 42.4 Å². The third-order valence-electron chi connectivity index (χ3n) is 5.85. The van der Waals surface area contributed by atoms with E-state index in [1.165, 1.54) is 37.9 Å². The number of rotatable bonds is 3. The molecule has 3 heteroatoms. The Labute approximate surface area is 126 Å². The van der Waals surface area contributed by atoms with Crippen molar-refractivity contribution in [2.75, 3.05) is 26.3 Å². The van der Waals surface area contributed by atoms with Crippen molar-refractivity contribution in [1.82, 2.24) is 4.90 Å². The molecular formula is C18H25NO2. The first-order valence-electron chi connectivity index (χ1n) is 8.41. The molecule has 0 unspecified atom stereocenters. The lowest BCUT2D eigenvalue weighted by Crippen LogP contribution is -2.62. The minimum absolute atomic E-state index is 0.228. The Hall–Kier alpha value is -0.900. The van der Waals surface area contributed by atoms with E-state index >= 15 is 0 Å². The molecule has 3 aliphatic rings. The molecule has 1 N–H and O–H groups in total. The molecule has 0 amide bonds. The number of nitrogens with zero attached hydrogens (tertiary/aromatic N) is 1. The van der Waals surface area contributed by atoms with Gasteiger partial charge in [0.05, 0.1) is 12.7 Å². The van der Waals surface area contributed by atoms with Crippen LogP contribution in [0.2, 0.25) is 0 Å². The number of ether oxygens (including phenoxy) is 1. The summed E-state index contributed by atoms with van der Waals surface area (Å²) < 4.78 is 6.14. The van der Waals surface area contributed by atoms with Crippen LogP contribution in [0.1, 0.15) is 30.9 Å². The molecule has 2 heterocycles. The Morgan fingerprint density at radius 1 is 1.10 bits per heavy atom. The second-order valence-corrected chi connectivity index (χ2v) is 6.84. The molecule has 21 heavy (non-hydrogen) atoms. The number of aliphatic hydroxyl groups excluding tert-OH is 1. The number of aliphatic hydroxyl groups is 1. The van der Waals surface area contributed by atoms with E-state index in [9.17, 15) is 5.11 Å². The van der Waals surface area contributed by atoms with Gasteiger partial charge in [0.2, 0.25) is 0 Å². The van der Waals surface area contributed by atoms with Gasteiger partial charge in [-0.3, -0.25) is 4.90 Å². The van der Waals surface area contributed by atoms with Gasteiger partial charge in [0.25, 0.3) is 0 Å². The molecule has 2 saturated heterocycles. The van der Waals surface area contributed by atoms with Crippen molar-refractivity contribution in [3.8, 4) is 0 Å². The predicted molar refractivity (Wildman–Crippen MR) is 81.9 cm³/mol. The highest BCUT2D eigenvalue weighted by molar-refractivity contribution is 5.23. The SMILES string of the molecule is OC[C@@H]1[C@@H]2CO[C@@H](c3ccccc3)[C@@H]2[C@H]1N1CCCCC1. The highest BCUT2D eigenvalue weighted by atomic mass is 16.5. The average molecular weight is 287 g/mol. The van der Waals surface area contributed by atoms with Crippen molar-refractivity contribution in [2.24, 2.45) is 17.8 Å². The number of likely N-dealkylation sites (tertiary alicyclic amines) is 1. The second kappa shape index (κ2) is 5.71. The summed E-state index contributed by atoms with van der Waals surface area (Å²) in [4.78, 5) is 2.64. The molecule has 0 aromatic heterocycles. The number of hydrogen-bond donors (Lipinski definition) is 1. The van der Waals surface area contributed by atoms with Gasteiger partial charge < -0.3 is 9.84 Å². The quantitative estimate of drug-likeness (QED) is 0.927. The summed E-state index contributed by atoms with van der Waals surface area (Å²) in [5.74, 6) is 1.54. The van der Waals surface area contributed by atoms with Gasteiger partial charge in [0, 0.05) is 24.5 Å². The zero-order valence-electron chi connectivity index (χ0n) is 12.5. The molecule has 2 aliphatic heterocycles. The third kappa shape index (κ3) is 2.23. The molecule has 114 valence electrons. The molecule has 5 atom stereocenters. The molecular weight excluding hydrogens is 262 g/mol. The summed E-state index contributed by atoms with van der Waals surface area (Å²) in [5.41, 5.74) is 1.31. The van der Waals surface area contributed by atoms with E-state index in [0.29, 0.717) is 30.4 Å². The van der Waals surface area contributed by atoms with Crippen LogP contribution in [0.5, 0.6) is 0 Å². The monoisotopic (exact) mass is 287 g/mol. The molecule has 0 spiro atoms. The first-order chi connectivity index (χ1) is 10.4. The van der Waals surface area contributed by atoms with Crippen molar-refractivity contribution in [3.63, 3.8) is 0 Å². The van der Waals surface area contributed by atoms with E-state index in [4.69, 9.17) is 4.74 Å². The van der Waals surface area contributed by atoms with Crippen LogP contribution in [0.25, 0.3) is 0 Å². The minimum Gasteiger partial charge on any atom is -0.396 e. The third-order valence-corrected chi connectivity index (χ3v) is 5.85. The fourth-order valence-corrected chi connectivity index (χ4v) is 4.83. The van der Waals surface area contributed by atoms with E-state index in [1.807, 2.05) is 0 Å². The zero-order valence-corrected chi connectivity index (χ0v) is 12.5. The Morgan fingerprint density at radius 2 is 1.86 bits per heavy atom. The molecule has 4 rings (SSSR count). The molecule has 3 fully saturated rings. The van der Waals surface area contributed by atoms with E-state index in [2.05, 4.69) is 35.2 Å². The average Bonchev–Trinajstić information content (AvgIpc) is 2.89. The van der Waals surface area contributed by atoms with Crippen LogP contribution < -0.4 is 0 Å². The number of fused-ring (bicyclic) bond motifs is 1. The summed E-state index contributed by atoms with van der Waals surface area (Å²) in [5, 5.41) is 9.81. The van der Waals surface area contributed by atoms with Crippen LogP contribution in [0.3, 0.4) is 0 Å². The summed E-state index contributed by atoms with van der Waals surface area (Å²) in [7, 11) is 0. The topological polar surface area (TPSA) is 32.7 Å². The van der Waals surface area contributed by atoms with E-state index in [-0.39, 0.29) is 6.10 Å². The lowest BCUT2D eigenvalue weighted by Gasteiger charge is -2.54. The molecule has 0 radical (unpaired) electrons. The van der Waals surface area contributed by atoms with Crippen LogP contribution in [0.4, 0.5) is 0 Å². The minimum atomic E-state index is 0.228. The number of benzene rings is 1. The summed E-state index contributed by atoms with van der Waals surface area (Å²) in [6, 6.07) is 11.2. The standard InChI is InChI=1S/C18H25NO2/c20-11-14-15-12-21-18(13-7-3-1-4-8-13)16(15)17(14)19-9-5-2-6-10-19/h1,3-4,7-8,14-18,20H,2,5-6,9-12H2/t14-,15+,16+,17+,18+/m1/s1. The largest absolute Gasteiger partial charge is 0.396 e. The van der Waals surface area contributed by atoms with Crippen LogP contribution >= 0.6 is 0 Å². The van der Waals surface area contributed by atoms with Crippen molar-refractivity contribution in [3.05, 3.63) is 35.9 Å². The fraction of sp³-hybridized carbons (Fsp3) is 0.667. The van der Waals surface area contributed by atoms with Gasteiger partial charge in [-0.2, -0.15) is 0 Å². The van der Waals surface area contributed by atoms with Gasteiger partial charge in [0.15, 0.2) is 0 Å². The smallest absolute Gasteiger partial charge is 0.0871 e. The molecule has 1 saturated carbocycles. The van der Waals surface area contributed by atoms with Gasteiger partial charge >= 0.3 is 0 Å². The number of hydrogen-bond acceptors (Lipinski definition) is 3. The maximum atomic E-state index is 9.81. The first kappa shape index (κ1) is 13.7. The fourth-order valence-electron chi connectivity index (χ4n) is 4.83. The molecule has 1 aliphatic carbocycles. The van der Waals surface area contributed by atoms with Crippen molar-refractivity contribution in [1.29, 1.82) is 0 Å². The molecule has 3 nitrogen and oxygen atoms in total. The maximum absolute atomic E-state index is 9.81. The second-order valence-electron chi connectivity index (χ2n) is 6.84. The van der Waals surface area contributed by atoms with Gasteiger partial charge in [0.1, 0.15) is 0 Å². The van der Waals surface area contributed by atoms with Gasteiger partial charge in [-0.25, -0.2) is 0 Å². The summed E-state index contributed by atoms with van der Waals surface area (Å²) in [6.45, 7) is 3.53. The zero-order chi connectivity index (χ0) is 14.2. The van der Waals surface area contributed by atoms with E-state index < -0.39 is 0 Å². The van der Waals surface area contributed by atoms with Gasteiger partial charge in [-0.15, -0.1) is 0 Å². The van der Waals surface area contributed by atoms with Gasteiger partial charge in [-0.1, -0.05) is 36.8 Å². The van der Waals surface area contributed by atoms with Crippen molar-refractivity contribution < 1.29 is 9.84 Å². The van der Waals surface area contributed by atoms with Gasteiger partial charge in [-0.05, 0) is 37.4 Å². The first-order valence-corrected chi connectivity index (χ1v) is 8.41. The number of piperidine rings is 1. The van der Waals surface area contributed by atoms with E-state index in [0.717, 1.165) is 6.61 Å². The summed E-state index contributed by atoms with van der Waals surface area (Å²) in [6.07, 6.45) is 4.21. The Morgan fingerprint density at radius 3 is 2.57 bits per heavy atom. The predicted octanol–water partition coefficient (Wildman–Crippen LogP) is 2.47. The summed E-state index contributed by atoms with van der Waals surface area (Å²) >= 11 is 0. The van der Waals surface area contributed by atoms with Crippen molar-refractivity contribution in [2.45, 2.75) is 31.4 Å². The van der Waals surface area contributed by atoms with Crippen LogP contribution in [0.15, 0.2) is 30.3 Å². The highest BCUT2D eigenvalue weighted by Gasteiger charge is 2.59. The normalized spacial score (nSPS) is 39.8. The highest BCUT2D eigenvalue weighted by Crippen LogP contribution is 2.55. The molecule has 1 aromatic carbocycles. The molecule has 1 aromatic rings. The van der Waals surface area contributed by atoms with Crippen LogP contribution in [-0.2, 0) is 4.74 Å². The Bertz CT molecular complexity index is 471. The Kier molecular flexibility index (Phi) is 3.74. The Balaban J connectivity index is 1.57. The lowest BCUT2D eigenvalue weighted by molar-refractivity contribution is -0.0818. The lowest BCUT2D eigenvalue weighted by atomic mass is 9.59. The van der Waals surface area contributed by atoms with Crippen molar-refractivity contribution >= 4 is 0 Å². The maximum Gasteiger partial charge on any atom is 0.0871 e.